The van der Waals surface area contributed by atoms with Crippen molar-refractivity contribution in [3.63, 3.8) is 0 Å². The quantitative estimate of drug-likeness (QED) is 0.893. The lowest BCUT2D eigenvalue weighted by molar-refractivity contribution is 0.443. The first-order valence-corrected chi connectivity index (χ1v) is 7.76. The first-order chi connectivity index (χ1) is 9.16. The van der Waals surface area contributed by atoms with Crippen LogP contribution in [0.4, 0.5) is 5.69 Å². The van der Waals surface area contributed by atoms with E-state index in [4.69, 9.17) is 5.73 Å². The minimum atomic E-state index is 0.0940. The number of nitrogens with zero attached hydrogens (tertiary/aromatic N) is 1. The summed E-state index contributed by atoms with van der Waals surface area (Å²) < 4.78 is 0. The second-order valence-electron chi connectivity index (χ2n) is 6.64. The van der Waals surface area contributed by atoms with Gasteiger partial charge in [0.1, 0.15) is 0 Å². The summed E-state index contributed by atoms with van der Waals surface area (Å²) >= 11 is 0. The zero-order chi connectivity index (χ0) is 13.3. The van der Waals surface area contributed by atoms with Crippen LogP contribution in [0.25, 0.3) is 0 Å². The fraction of sp³-hybridized carbons (Fsp3) is 0.647. The minimum absolute atomic E-state index is 0.0940. The third kappa shape index (κ3) is 3.11. The Hall–Kier alpha value is -1.02. The second kappa shape index (κ2) is 5.16. The van der Waals surface area contributed by atoms with Crippen LogP contribution in [0.15, 0.2) is 24.3 Å². The smallest absolute Gasteiger partial charge is 0.0364 e. The van der Waals surface area contributed by atoms with Crippen LogP contribution < -0.4 is 10.6 Å². The van der Waals surface area contributed by atoms with E-state index in [1.165, 1.54) is 56.2 Å². The second-order valence-corrected chi connectivity index (χ2v) is 6.64. The monoisotopic (exact) mass is 258 g/mol. The highest BCUT2D eigenvalue weighted by Gasteiger charge is 2.39. The number of rotatable bonds is 4. The van der Waals surface area contributed by atoms with Crippen LogP contribution >= 0.6 is 0 Å². The van der Waals surface area contributed by atoms with Crippen LogP contribution in [0.2, 0.25) is 0 Å². The molecule has 0 heterocycles. The van der Waals surface area contributed by atoms with E-state index in [0.29, 0.717) is 0 Å². The van der Waals surface area contributed by atoms with E-state index < -0.39 is 0 Å². The molecule has 0 aromatic heterocycles. The van der Waals surface area contributed by atoms with Crippen molar-refractivity contribution in [3.05, 3.63) is 29.8 Å². The summed E-state index contributed by atoms with van der Waals surface area (Å²) in [6.07, 6.45) is 9.34. The molecule has 2 saturated carbocycles. The summed E-state index contributed by atoms with van der Waals surface area (Å²) in [4.78, 5) is 2.30. The maximum Gasteiger partial charge on any atom is 0.0364 e. The normalized spacial score (nSPS) is 22.2. The molecular weight excluding hydrogens is 232 g/mol. The molecule has 104 valence electrons. The lowest BCUT2D eigenvalue weighted by atomic mass is 9.84. The summed E-state index contributed by atoms with van der Waals surface area (Å²) in [6, 6.07) is 9.21. The third-order valence-electron chi connectivity index (χ3n) is 4.85. The van der Waals surface area contributed by atoms with E-state index in [-0.39, 0.29) is 5.54 Å². The number of hydrogen-bond acceptors (Lipinski definition) is 2. The first-order valence-electron chi connectivity index (χ1n) is 7.76. The Kier molecular flexibility index (Phi) is 3.53. The van der Waals surface area contributed by atoms with E-state index >= 15 is 0 Å². The van der Waals surface area contributed by atoms with Crippen molar-refractivity contribution in [2.45, 2.75) is 56.4 Å². The van der Waals surface area contributed by atoms with Crippen molar-refractivity contribution < 1.29 is 0 Å². The summed E-state index contributed by atoms with van der Waals surface area (Å²) in [5.74, 6) is 0.803. The number of likely N-dealkylation sites (N-methyl/N-ethyl adjacent to an activating group) is 1. The molecule has 0 amide bonds. The third-order valence-corrected chi connectivity index (χ3v) is 4.85. The van der Waals surface area contributed by atoms with E-state index in [2.05, 4.69) is 36.2 Å². The maximum absolute atomic E-state index is 6.19. The van der Waals surface area contributed by atoms with Crippen LogP contribution in [0, 0.1) is 0 Å². The van der Waals surface area contributed by atoms with Gasteiger partial charge in [-0.05, 0) is 49.3 Å². The highest BCUT2D eigenvalue weighted by Crippen LogP contribution is 2.35. The van der Waals surface area contributed by atoms with Crippen LogP contribution in [-0.2, 0) is 0 Å². The molecule has 0 aliphatic heterocycles. The molecule has 2 aliphatic carbocycles. The Morgan fingerprint density at radius 1 is 1.11 bits per heavy atom. The van der Waals surface area contributed by atoms with Crippen molar-refractivity contribution in [2.24, 2.45) is 5.73 Å². The molecular formula is C17H26N2. The fourth-order valence-corrected chi connectivity index (χ4v) is 3.32. The van der Waals surface area contributed by atoms with Crippen molar-refractivity contribution in [1.29, 1.82) is 0 Å². The van der Waals surface area contributed by atoms with E-state index in [1.807, 2.05) is 0 Å². The van der Waals surface area contributed by atoms with Gasteiger partial charge < -0.3 is 10.6 Å². The molecule has 19 heavy (non-hydrogen) atoms. The standard InChI is InChI=1S/C17H26N2/c1-19(13-17(18)11-12-17)16-9-7-15(8-10-16)14-5-3-2-4-6-14/h7-10,14H,2-6,11-13,18H2,1H3. The predicted molar refractivity (Wildman–Crippen MR) is 81.7 cm³/mol. The van der Waals surface area contributed by atoms with Crippen LogP contribution in [0.3, 0.4) is 0 Å². The molecule has 2 fully saturated rings. The van der Waals surface area contributed by atoms with Crippen LogP contribution in [0.5, 0.6) is 0 Å². The zero-order valence-electron chi connectivity index (χ0n) is 12.1. The molecule has 0 atom stereocenters. The lowest BCUT2D eigenvalue weighted by Crippen LogP contribution is -2.37. The lowest BCUT2D eigenvalue weighted by Gasteiger charge is -2.25. The molecule has 0 bridgehead atoms. The van der Waals surface area contributed by atoms with Gasteiger partial charge in [-0.2, -0.15) is 0 Å². The Morgan fingerprint density at radius 2 is 1.74 bits per heavy atom. The van der Waals surface area contributed by atoms with E-state index in [1.54, 1.807) is 0 Å². The van der Waals surface area contributed by atoms with Gasteiger partial charge in [0.2, 0.25) is 0 Å². The fourth-order valence-electron chi connectivity index (χ4n) is 3.32. The van der Waals surface area contributed by atoms with Gasteiger partial charge in [0.25, 0.3) is 0 Å². The van der Waals surface area contributed by atoms with Gasteiger partial charge in [-0.3, -0.25) is 0 Å². The van der Waals surface area contributed by atoms with E-state index in [9.17, 15) is 0 Å². The van der Waals surface area contributed by atoms with Crippen molar-refractivity contribution in [2.75, 3.05) is 18.5 Å². The molecule has 1 aromatic carbocycles. The number of hydrogen-bond donors (Lipinski definition) is 1. The van der Waals surface area contributed by atoms with Gasteiger partial charge in [0.15, 0.2) is 0 Å². The highest BCUT2D eigenvalue weighted by molar-refractivity contribution is 5.48. The average molecular weight is 258 g/mol. The summed E-state index contributed by atoms with van der Waals surface area (Å²) in [5.41, 5.74) is 9.12. The molecule has 2 nitrogen and oxygen atoms in total. The molecule has 3 rings (SSSR count). The van der Waals surface area contributed by atoms with Crippen molar-refractivity contribution in [3.8, 4) is 0 Å². The molecule has 0 radical (unpaired) electrons. The van der Waals surface area contributed by atoms with Gasteiger partial charge in [-0.15, -0.1) is 0 Å². The topological polar surface area (TPSA) is 29.3 Å². The van der Waals surface area contributed by atoms with Gasteiger partial charge in [-0.25, -0.2) is 0 Å². The number of benzene rings is 1. The van der Waals surface area contributed by atoms with Crippen molar-refractivity contribution in [1.82, 2.24) is 0 Å². The van der Waals surface area contributed by atoms with Crippen molar-refractivity contribution >= 4 is 5.69 Å². The Bertz CT molecular complexity index is 413. The Balaban J connectivity index is 1.64. The average Bonchev–Trinajstić information content (AvgIpc) is 3.17. The Morgan fingerprint density at radius 3 is 2.32 bits per heavy atom. The summed E-state index contributed by atoms with van der Waals surface area (Å²) in [7, 11) is 2.16. The maximum atomic E-state index is 6.19. The Labute approximate surface area is 117 Å². The number of nitrogens with two attached hydrogens (primary N) is 1. The van der Waals surface area contributed by atoms with Crippen LogP contribution in [0.1, 0.15) is 56.4 Å². The van der Waals surface area contributed by atoms with E-state index in [0.717, 1.165) is 12.5 Å². The highest BCUT2D eigenvalue weighted by atomic mass is 15.1. The van der Waals surface area contributed by atoms with Crippen LogP contribution in [-0.4, -0.2) is 19.1 Å². The zero-order valence-corrected chi connectivity index (χ0v) is 12.1. The van der Waals surface area contributed by atoms with Gasteiger partial charge in [0, 0.05) is 24.8 Å². The molecule has 2 aliphatic rings. The SMILES string of the molecule is CN(CC1(N)CC1)c1ccc(C2CCCCC2)cc1. The number of anilines is 1. The molecule has 1 aromatic rings. The molecule has 2 N–H and O–H groups in total. The molecule has 0 spiro atoms. The largest absolute Gasteiger partial charge is 0.373 e. The summed E-state index contributed by atoms with van der Waals surface area (Å²) in [6.45, 7) is 0.982. The van der Waals surface area contributed by atoms with Gasteiger partial charge >= 0.3 is 0 Å². The predicted octanol–water partition coefficient (Wildman–Crippen LogP) is 3.66. The van der Waals surface area contributed by atoms with Gasteiger partial charge in [0.05, 0.1) is 0 Å². The van der Waals surface area contributed by atoms with Gasteiger partial charge in [-0.1, -0.05) is 31.4 Å². The first kappa shape index (κ1) is 13.0. The molecule has 0 saturated heterocycles. The summed E-state index contributed by atoms with van der Waals surface area (Å²) in [5, 5.41) is 0. The minimum Gasteiger partial charge on any atom is -0.373 e. The molecule has 0 unspecified atom stereocenters. The molecule has 2 heteroatoms.